The number of nitrogens with one attached hydrogen (secondary N) is 1. The summed E-state index contributed by atoms with van der Waals surface area (Å²) in [4.78, 5) is 14.3. The first-order valence-electron chi connectivity index (χ1n) is 7.73. The molecule has 0 bridgehead atoms. The molecule has 3 unspecified atom stereocenters. The molecule has 3 atom stereocenters. The second-order valence-electron chi connectivity index (χ2n) is 6.38. The summed E-state index contributed by atoms with van der Waals surface area (Å²) >= 11 is 0. The number of nitrogens with zero attached hydrogens (tertiary/aromatic N) is 1. The zero-order valence-corrected chi connectivity index (χ0v) is 11.7. The normalized spacial score (nSPS) is 31.0. The molecule has 1 saturated carbocycles. The van der Waals surface area contributed by atoms with Crippen LogP contribution in [0.15, 0.2) is 12.1 Å². The van der Waals surface area contributed by atoms with Gasteiger partial charge in [-0.25, -0.2) is 8.78 Å². The standard InChI is InChI=1S/C16H18F2N2O/c17-10-7-11(18)15-14(8-10)20-12-4-2-1-3-9(12)5-6-13(20)16(21)19-15/h7-9,12-13H,1-6H2,(H,19,21). The SMILES string of the molecule is O=C1Nc2c(F)cc(F)cc2N2C1CCC1CCCCC12. The van der Waals surface area contributed by atoms with Crippen LogP contribution >= 0.6 is 0 Å². The molecular weight excluding hydrogens is 274 g/mol. The number of hydrogen-bond donors (Lipinski definition) is 1. The van der Waals surface area contributed by atoms with Crippen molar-refractivity contribution in [1.82, 2.24) is 0 Å². The van der Waals surface area contributed by atoms with Crippen LogP contribution in [0.3, 0.4) is 0 Å². The monoisotopic (exact) mass is 292 g/mol. The van der Waals surface area contributed by atoms with Gasteiger partial charge < -0.3 is 10.2 Å². The van der Waals surface area contributed by atoms with E-state index in [0.29, 0.717) is 11.6 Å². The number of rotatable bonds is 0. The Labute approximate surface area is 122 Å². The van der Waals surface area contributed by atoms with Gasteiger partial charge >= 0.3 is 0 Å². The molecule has 5 heteroatoms. The van der Waals surface area contributed by atoms with E-state index in [4.69, 9.17) is 0 Å². The Kier molecular flexibility index (Phi) is 2.91. The Bertz CT molecular complexity index is 604. The Morgan fingerprint density at radius 2 is 1.90 bits per heavy atom. The van der Waals surface area contributed by atoms with Gasteiger partial charge in [-0.05, 0) is 37.7 Å². The van der Waals surface area contributed by atoms with E-state index in [1.807, 2.05) is 4.90 Å². The van der Waals surface area contributed by atoms with Gasteiger partial charge in [0.25, 0.3) is 0 Å². The Morgan fingerprint density at radius 3 is 2.76 bits per heavy atom. The van der Waals surface area contributed by atoms with Gasteiger partial charge in [0.1, 0.15) is 17.5 Å². The van der Waals surface area contributed by atoms with Crippen LogP contribution in [0.2, 0.25) is 0 Å². The Hall–Kier alpha value is -1.65. The molecule has 4 rings (SSSR count). The smallest absolute Gasteiger partial charge is 0.247 e. The third-order valence-electron chi connectivity index (χ3n) is 5.24. The first-order valence-corrected chi connectivity index (χ1v) is 7.73. The summed E-state index contributed by atoms with van der Waals surface area (Å²) in [6, 6.07) is 2.16. The first-order chi connectivity index (χ1) is 10.1. The highest BCUT2D eigenvalue weighted by molar-refractivity contribution is 6.04. The maximum Gasteiger partial charge on any atom is 0.247 e. The maximum atomic E-state index is 14.0. The van der Waals surface area contributed by atoms with Gasteiger partial charge in [-0.1, -0.05) is 12.8 Å². The fraction of sp³-hybridized carbons (Fsp3) is 0.562. The number of piperidine rings is 1. The number of amides is 1. The minimum absolute atomic E-state index is 0.142. The number of halogens is 2. The molecule has 21 heavy (non-hydrogen) atoms. The van der Waals surface area contributed by atoms with Gasteiger partial charge in [0.15, 0.2) is 5.82 Å². The molecule has 2 aliphatic heterocycles. The van der Waals surface area contributed by atoms with Crippen LogP contribution in [-0.2, 0) is 4.79 Å². The highest BCUT2D eigenvalue weighted by Gasteiger charge is 2.45. The third kappa shape index (κ3) is 1.93. The van der Waals surface area contributed by atoms with E-state index in [1.165, 1.54) is 12.5 Å². The maximum absolute atomic E-state index is 14.0. The topological polar surface area (TPSA) is 32.3 Å². The zero-order valence-electron chi connectivity index (χ0n) is 11.7. The van der Waals surface area contributed by atoms with Crippen LogP contribution in [-0.4, -0.2) is 18.0 Å². The summed E-state index contributed by atoms with van der Waals surface area (Å²) in [6.45, 7) is 0. The molecule has 112 valence electrons. The molecule has 1 aromatic carbocycles. The lowest BCUT2D eigenvalue weighted by Gasteiger charge is -2.51. The van der Waals surface area contributed by atoms with Gasteiger partial charge in [0.2, 0.25) is 5.91 Å². The minimum atomic E-state index is -0.685. The molecule has 0 aromatic heterocycles. The molecule has 3 nitrogen and oxygen atoms in total. The highest BCUT2D eigenvalue weighted by Crippen LogP contribution is 2.45. The van der Waals surface area contributed by atoms with Gasteiger partial charge in [-0.3, -0.25) is 4.79 Å². The molecule has 1 amide bonds. The third-order valence-corrected chi connectivity index (χ3v) is 5.24. The Balaban J connectivity index is 1.84. The fourth-order valence-electron chi connectivity index (χ4n) is 4.33. The molecule has 3 aliphatic rings. The van der Waals surface area contributed by atoms with Crippen LogP contribution in [0.1, 0.15) is 38.5 Å². The van der Waals surface area contributed by atoms with Crippen LogP contribution < -0.4 is 10.2 Å². The number of fused-ring (bicyclic) bond motifs is 5. The van der Waals surface area contributed by atoms with Gasteiger partial charge in [-0.2, -0.15) is 0 Å². The predicted molar refractivity (Wildman–Crippen MR) is 76.2 cm³/mol. The van der Waals surface area contributed by atoms with Crippen molar-refractivity contribution in [3.8, 4) is 0 Å². The highest BCUT2D eigenvalue weighted by atomic mass is 19.1. The average molecular weight is 292 g/mol. The average Bonchev–Trinajstić information content (AvgIpc) is 2.48. The second kappa shape index (κ2) is 4.68. The summed E-state index contributed by atoms with van der Waals surface area (Å²) in [5, 5.41) is 2.63. The molecule has 1 aromatic rings. The molecule has 0 spiro atoms. The van der Waals surface area contributed by atoms with Crippen molar-refractivity contribution >= 4 is 17.3 Å². The van der Waals surface area contributed by atoms with Crippen molar-refractivity contribution in [1.29, 1.82) is 0 Å². The number of carbonyl (C=O) groups excluding carboxylic acids is 1. The van der Waals surface area contributed by atoms with Gasteiger partial charge in [0.05, 0.1) is 5.69 Å². The van der Waals surface area contributed by atoms with Crippen molar-refractivity contribution in [3.63, 3.8) is 0 Å². The lowest BCUT2D eigenvalue weighted by molar-refractivity contribution is -0.118. The summed E-state index contributed by atoms with van der Waals surface area (Å²) in [6.07, 6.45) is 6.31. The molecule has 2 heterocycles. The van der Waals surface area contributed by atoms with E-state index in [2.05, 4.69) is 5.32 Å². The molecule has 2 fully saturated rings. The number of carbonyl (C=O) groups is 1. The van der Waals surface area contributed by atoms with Crippen LogP contribution in [0.25, 0.3) is 0 Å². The van der Waals surface area contributed by atoms with Crippen LogP contribution in [0.5, 0.6) is 0 Å². The summed E-state index contributed by atoms with van der Waals surface area (Å²) < 4.78 is 27.7. The fourth-order valence-corrected chi connectivity index (χ4v) is 4.33. The van der Waals surface area contributed by atoms with Crippen LogP contribution in [0.4, 0.5) is 20.2 Å². The van der Waals surface area contributed by atoms with Crippen molar-refractivity contribution in [3.05, 3.63) is 23.8 Å². The first kappa shape index (κ1) is 13.0. The zero-order chi connectivity index (χ0) is 14.6. The van der Waals surface area contributed by atoms with Crippen molar-refractivity contribution in [2.24, 2.45) is 5.92 Å². The predicted octanol–water partition coefficient (Wildman–Crippen LogP) is 3.44. The summed E-state index contributed by atoms with van der Waals surface area (Å²) in [5.41, 5.74) is 0.664. The Morgan fingerprint density at radius 1 is 1.10 bits per heavy atom. The van der Waals surface area contributed by atoms with Crippen molar-refractivity contribution in [2.45, 2.75) is 50.6 Å². The molecule has 1 N–H and O–H groups in total. The van der Waals surface area contributed by atoms with Gasteiger partial charge in [-0.15, -0.1) is 0 Å². The molecule has 1 aliphatic carbocycles. The number of hydrogen-bond acceptors (Lipinski definition) is 2. The number of benzene rings is 1. The summed E-state index contributed by atoms with van der Waals surface area (Å²) in [7, 11) is 0. The second-order valence-corrected chi connectivity index (χ2v) is 6.38. The van der Waals surface area contributed by atoms with Crippen LogP contribution in [0, 0.1) is 17.6 Å². The number of anilines is 2. The lowest BCUT2D eigenvalue weighted by Crippen LogP contribution is -2.59. The van der Waals surface area contributed by atoms with E-state index in [9.17, 15) is 13.6 Å². The largest absolute Gasteiger partial charge is 0.354 e. The van der Waals surface area contributed by atoms with E-state index in [-0.39, 0.29) is 23.7 Å². The van der Waals surface area contributed by atoms with Crippen molar-refractivity contribution in [2.75, 3.05) is 10.2 Å². The van der Waals surface area contributed by atoms with E-state index >= 15 is 0 Å². The quantitative estimate of drug-likeness (QED) is 0.794. The molecule has 0 radical (unpaired) electrons. The molecule has 1 saturated heterocycles. The van der Waals surface area contributed by atoms with Crippen molar-refractivity contribution < 1.29 is 13.6 Å². The summed E-state index contributed by atoms with van der Waals surface area (Å²) in [5.74, 6) is -0.883. The lowest BCUT2D eigenvalue weighted by atomic mass is 9.75. The minimum Gasteiger partial charge on any atom is -0.354 e. The van der Waals surface area contributed by atoms with Gasteiger partial charge in [0, 0.05) is 12.1 Å². The molecular formula is C16H18F2N2O. The van der Waals surface area contributed by atoms with E-state index in [0.717, 1.165) is 38.2 Å². The van der Waals surface area contributed by atoms with E-state index in [1.54, 1.807) is 0 Å². The van der Waals surface area contributed by atoms with E-state index < -0.39 is 11.6 Å².